The summed E-state index contributed by atoms with van der Waals surface area (Å²) in [5.74, 6) is -0.233. The van der Waals surface area contributed by atoms with E-state index in [0.717, 1.165) is 79.8 Å². The number of fused-ring (bicyclic) bond motifs is 4. The van der Waals surface area contributed by atoms with Gasteiger partial charge in [0.15, 0.2) is 5.78 Å². The summed E-state index contributed by atoms with van der Waals surface area (Å²) >= 11 is 0. The molecule has 7 heteroatoms. The Kier molecular flexibility index (Phi) is 6.56. The number of rotatable bonds is 5. The summed E-state index contributed by atoms with van der Waals surface area (Å²) in [4.78, 5) is 45.8. The molecule has 1 saturated carbocycles. The Morgan fingerprint density at radius 1 is 1.00 bits per heavy atom. The number of carbonyl (C=O) groups excluding carboxylic acids is 2. The van der Waals surface area contributed by atoms with Gasteiger partial charge in [-0.3, -0.25) is 14.6 Å². The predicted octanol–water partition coefficient (Wildman–Crippen LogP) is 6.45. The second-order valence-corrected chi connectivity index (χ2v) is 11.3. The molecule has 2 unspecified atom stereocenters. The molecule has 0 amide bonds. The summed E-state index contributed by atoms with van der Waals surface area (Å²) in [6, 6.07) is 0. The van der Waals surface area contributed by atoms with Crippen molar-refractivity contribution in [1.29, 1.82) is 0 Å². The van der Waals surface area contributed by atoms with Crippen molar-refractivity contribution in [2.75, 3.05) is 7.11 Å². The smallest absolute Gasteiger partial charge is 0.305 e. The van der Waals surface area contributed by atoms with Crippen LogP contribution in [0.15, 0.2) is 113 Å². The molecule has 0 saturated heterocycles. The molecule has 0 spiro atoms. The number of carbonyl (C=O) groups is 2. The van der Waals surface area contributed by atoms with Crippen molar-refractivity contribution in [1.82, 2.24) is 0 Å². The van der Waals surface area contributed by atoms with Crippen LogP contribution in [0.4, 0.5) is 0 Å². The quantitative estimate of drug-likeness (QED) is 0.371. The van der Waals surface area contributed by atoms with E-state index in [1.165, 1.54) is 7.11 Å². The van der Waals surface area contributed by atoms with Gasteiger partial charge in [-0.15, -0.1) is 0 Å². The monoisotopic (exact) mass is 546 g/mol. The second-order valence-electron chi connectivity index (χ2n) is 11.3. The normalized spacial score (nSPS) is 24.9. The minimum atomic E-state index is -0.257. The van der Waals surface area contributed by atoms with Crippen LogP contribution in [-0.2, 0) is 14.3 Å². The minimum Gasteiger partial charge on any atom is -0.469 e. The van der Waals surface area contributed by atoms with Gasteiger partial charge in [0, 0.05) is 47.1 Å². The van der Waals surface area contributed by atoms with Crippen LogP contribution >= 0.6 is 0 Å². The molecule has 8 bridgehead atoms. The maximum absolute atomic E-state index is 13.4. The van der Waals surface area contributed by atoms with Gasteiger partial charge in [0.25, 0.3) is 0 Å². The maximum atomic E-state index is 13.4. The molecular weight excluding hydrogens is 512 g/mol. The largest absolute Gasteiger partial charge is 0.469 e. The minimum absolute atomic E-state index is 0.0167. The van der Waals surface area contributed by atoms with E-state index >= 15 is 0 Å². The Morgan fingerprint density at radius 2 is 1.68 bits per heavy atom. The van der Waals surface area contributed by atoms with E-state index < -0.39 is 0 Å². The van der Waals surface area contributed by atoms with Crippen LogP contribution < -0.4 is 0 Å². The summed E-state index contributed by atoms with van der Waals surface area (Å²) in [5.41, 5.74) is 13.3. The van der Waals surface area contributed by atoms with Gasteiger partial charge in [0.2, 0.25) is 0 Å². The van der Waals surface area contributed by atoms with Crippen molar-refractivity contribution in [2.24, 2.45) is 31.8 Å². The number of hydrogen-bond acceptors (Lipinski definition) is 7. The third-order valence-corrected chi connectivity index (χ3v) is 9.08. The lowest BCUT2D eigenvalue weighted by molar-refractivity contribution is -0.140. The van der Waals surface area contributed by atoms with Crippen molar-refractivity contribution in [3.8, 4) is 0 Å². The van der Waals surface area contributed by atoms with Crippen molar-refractivity contribution in [3.05, 3.63) is 92.7 Å². The molecule has 0 N–H and O–H groups in total. The fourth-order valence-electron chi connectivity index (χ4n) is 6.64. The molecule has 41 heavy (non-hydrogen) atoms. The third kappa shape index (κ3) is 4.17. The molecule has 208 valence electrons. The highest BCUT2D eigenvalue weighted by atomic mass is 16.5. The lowest BCUT2D eigenvalue weighted by Gasteiger charge is -2.18. The SMILES string of the molecule is C=CC1=C(C)C2=CC3=NC(=C4CC(=O)C5=C(C)C(=CC6=NC(=CC1=N2)C(C)=C6CC)N=C45)C(CCC(=O)OC)C3C. The van der Waals surface area contributed by atoms with E-state index in [9.17, 15) is 9.59 Å². The first kappa shape index (κ1) is 26.9. The summed E-state index contributed by atoms with van der Waals surface area (Å²) in [6.45, 7) is 14.4. The molecule has 1 aliphatic carbocycles. The van der Waals surface area contributed by atoms with Gasteiger partial charge in [0.05, 0.1) is 47.0 Å². The lowest BCUT2D eigenvalue weighted by Crippen LogP contribution is -2.17. The number of esters is 1. The fraction of sp³-hybridized carbons (Fsp3) is 0.353. The van der Waals surface area contributed by atoms with E-state index in [4.69, 9.17) is 24.7 Å². The van der Waals surface area contributed by atoms with Crippen molar-refractivity contribution in [3.63, 3.8) is 0 Å². The zero-order valence-corrected chi connectivity index (χ0v) is 24.5. The van der Waals surface area contributed by atoms with Crippen LogP contribution in [0.25, 0.3) is 0 Å². The summed E-state index contributed by atoms with van der Waals surface area (Å²) in [7, 11) is 1.41. The Hall–Kier alpha value is -4.26. The average Bonchev–Trinajstić information content (AvgIpc) is 3.70. The van der Waals surface area contributed by atoms with Gasteiger partial charge in [-0.25, -0.2) is 15.0 Å². The first-order valence-corrected chi connectivity index (χ1v) is 14.3. The standard InChI is InChI=1S/C34H34N4O3/c1-8-20-16(3)24-13-26-18(5)22(10-11-31(40)41-7)33(37-26)23-12-30(39)32-19(6)27(38-34(23)32)15-29-21(9-2)17(4)25(36-29)14-28(20)35-24/h8,13-15,18,22H,1,9-12H2,2-7H3. The number of ether oxygens (including phenoxy) is 1. The van der Waals surface area contributed by atoms with Crippen LogP contribution in [0.3, 0.4) is 0 Å². The van der Waals surface area contributed by atoms with Crippen LogP contribution in [0.5, 0.6) is 0 Å². The number of ketones is 1. The Balaban J connectivity index is 1.62. The van der Waals surface area contributed by atoms with Gasteiger partial charge < -0.3 is 4.74 Å². The Morgan fingerprint density at radius 3 is 2.39 bits per heavy atom. The lowest BCUT2D eigenvalue weighted by atomic mass is 9.84. The van der Waals surface area contributed by atoms with Gasteiger partial charge >= 0.3 is 5.97 Å². The van der Waals surface area contributed by atoms with Gasteiger partial charge in [-0.05, 0) is 74.1 Å². The van der Waals surface area contributed by atoms with Crippen molar-refractivity contribution < 1.29 is 14.3 Å². The second kappa shape index (κ2) is 9.98. The van der Waals surface area contributed by atoms with E-state index in [-0.39, 0.29) is 36.4 Å². The number of Topliss-reactive ketones (excluding diaryl/α,β-unsaturated/α-hetero) is 1. The molecule has 5 heterocycles. The molecule has 5 aliphatic heterocycles. The van der Waals surface area contributed by atoms with Crippen LogP contribution in [-0.4, -0.2) is 41.7 Å². The highest BCUT2D eigenvalue weighted by Crippen LogP contribution is 2.45. The molecule has 2 atom stereocenters. The highest BCUT2D eigenvalue weighted by molar-refractivity contribution is 6.38. The number of aliphatic imine (C=N–C) groups is 4. The van der Waals surface area contributed by atoms with Crippen molar-refractivity contribution >= 4 is 34.6 Å². The average molecular weight is 547 g/mol. The molecule has 7 nitrogen and oxygen atoms in total. The topological polar surface area (TPSA) is 92.8 Å². The summed E-state index contributed by atoms with van der Waals surface area (Å²) < 4.78 is 4.95. The first-order valence-electron chi connectivity index (χ1n) is 14.3. The van der Waals surface area contributed by atoms with Crippen molar-refractivity contribution in [2.45, 2.75) is 60.3 Å². The summed E-state index contributed by atoms with van der Waals surface area (Å²) in [6.07, 6.45) is 9.87. The molecule has 0 aromatic carbocycles. The fourth-order valence-corrected chi connectivity index (χ4v) is 6.64. The van der Waals surface area contributed by atoms with E-state index in [1.54, 1.807) is 0 Å². The molecule has 1 fully saturated rings. The van der Waals surface area contributed by atoms with Gasteiger partial charge in [-0.2, -0.15) is 0 Å². The Labute approximate surface area is 240 Å². The Bertz CT molecular complexity index is 1710. The number of hydrogen-bond donors (Lipinski definition) is 0. The number of methoxy groups -OCH3 is 1. The molecule has 0 aromatic heterocycles. The van der Waals surface area contributed by atoms with Crippen LogP contribution in [0, 0.1) is 11.8 Å². The predicted molar refractivity (Wildman–Crippen MR) is 163 cm³/mol. The van der Waals surface area contributed by atoms with Crippen LogP contribution in [0.2, 0.25) is 0 Å². The molecular formula is C34H34N4O3. The molecule has 6 aliphatic rings. The first-order chi connectivity index (χ1) is 19.7. The zero-order valence-electron chi connectivity index (χ0n) is 24.5. The van der Waals surface area contributed by atoms with E-state index in [1.807, 2.05) is 31.2 Å². The molecule has 0 aromatic rings. The third-order valence-electron chi connectivity index (χ3n) is 9.08. The maximum Gasteiger partial charge on any atom is 0.305 e. The van der Waals surface area contributed by atoms with Crippen LogP contribution in [0.1, 0.15) is 60.3 Å². The number of allylic oxidation sites excluding steroid dienone is 12. The van der Waals surface area contributed by atoms with E-state index in [2.05, 4.69) is 34.3 Å². The summed E-state index contributed by atoms with van der Waals surface area (Å²) in [5, 5.41) is 0. The van der Waals surface area contributed by atoms with E-state index in [0.29, 0.717) is 17.7 Å². The van der Waals surface area contributed by atoms with Gasteiger partial charge in [-0.1, -0.05) is 26.5 Å². The number of nitrogens with zero attached hydrogens (tertiary/aromatic N) is 4. The van der Waals surface area contributed by atoms with Gasteiger partial charge in [0.1, 0.15) is 0 Å². The highest BCUT2D eigenvalue weighted by Gasteiger charge is 2.42. The molecule has 6 rings (SSSR count). The molecule has 0 radical (unpaired) electrons. The zero-order chi connectivity index (χ0) is 29.2.